The summed E-state index contributed by atoms with van der Waals surface area (Å²) >= 11 is 0. The van der Waals surface area contributed by atoms with Crippen LogP contribution in [0.25, 0.3) is 0 Å². The first-order valence-electron chi connectivity index (χ1n) is 2.81. The van der Waals surface area contributed by atoms with Gasteiger partial charge in [-0.05, 0) is 12.1 Å². The Balaban J connectivity index is 2.67. The van der Waals surface area contributed by atoms with Crippen molar-refractivity contribution in [3.8, 4) is 0 Å². The van der Waals surface area contributed by atoms with E-state index < -0.39 is 6.03 Å². The number of urea groups is 1. The highest BCUT2D eigenvalue weighted by Gasteiger charge is 1.95. The molecule has 0 heterocycles. The van der Waals surface area contributed by atoms with Gasteiger partial charge in [-0.3, -0.25) is 0 Å². The van der Waals surface area contributed by atoms with Crippen molar-refractivity contribution >= 4 is 11.7 Å². The van der Waals surface area contributed by atoms with Gasteiger partial charge in [0.15, 0.2) is 0 Å². The minimum absolute atomic E-state index is 0.530. The van der Waals surface area contributed by atoms with Crippen molar-refractivity contribution in [3.63, 3.8) is 0 Å². The lowest BCUT2D eigenvalue weighted by molar-refractivity contribution is 0.250. The predicted molar refractivity (Wildman–Crippen MR) is 36.7 cm³/mol. The van der Waals surface area contributed by atoms with E-state index in [9.17, 15) is 4.79 Å². The molecule has 3 heteroatoms. The molecule has 1 aromatic rings. The Labute approximate surface area is 58.8 Å². The first-order chi connectivity index (χ1) is 4.79. The number of hydrogen-bond donors (Lipinski definition) is 0. The van der Waals surface area contributed by atoms with Gasteiger partial charge in [-0.25, -0.2) is 10.5 Å². The van der Waals surface area contributed by atoms with E-state index in [1.54, 1.807) is 24.3 Å². The Hall–Kier alpha value is -1.51. The van der Waals surface area contributed by atoms with E-state index in [4.69, 9.17) is 5.73 Å². The van der Waals surface area contributed by atoms with Crippen LogP contribution in [0.2, 0.25) is 0 Å². The summed E-state index contributed by atoms with van der Waals surface area (Å²) < 4.78 is 0. The maximum atomic E-state index is 10.1. The molecule has 0 saturated carbocycles. The lowest BCUT2D eigenvalue weighted by Crippen LogP contribution is -2.07. The molecule has 0 saturated heterocycles. The summed E-state index contributed by atoms with van der Waals surface area (Å²) in [5, 5.41) is 3.39. The third-order valence-electron chi connectivity index (χ3n) is 0.987. The van der Waals surface area contributed by atoms with Crippen molar-refractivity contribution in [2.75, 3.05) is 0 Å². The summed E-state index contributed by atoms with van der Waals surface area (Å²) in [4.78, 5) is 10.1. The molecule has 0 aromatic heterocycles. The van der Waals surface area contributed by atoms with Gasteiger partial charge in [-0.2, -0.15) is 5.32 Å². The topological polar surface area (TPSA) is 55.0 Å². The van der Waals surface area contributed by atoms with Crippen molar-refractivity contribution in [2.24, 2.45) is 0 Å². The Kier molecular flexibility index (Phi) is 1.89. The van der Waals surface area contributed by atoms with Gasteiger partial charge in [-0.1, -0.05) is 18.2 Å². The van der Waals surface area contributed by atoms with Crippen LogP contribution >= 0.6 is 0 Å². The molecular formula is C7H6N2O. The van der Waals surface area contributed by atoms with Crippen molar-refractivity contribution < 1.29 is 4.79 Å². The molecule has 0 aliphatic rings. The average Bonchev–Trinajstić information content (AvgIpc) is 1.88. The largest absolute Gasteiger partial charge is 0.360 e. The highest BCUT2D eigenvalue weighted by Crippen LogP contribution is 2.03. The average molecular weight is 134 g/mol. The number of para-hydroxylation sites is 1. The molecule has 0 fully saturated rings. The Morgan fingerprint density at radius 1 is 1.30 bits per heavy atom. The fourth-order valence-electron chi connectivity index (χ4n) is 0.620. The van der Waals surface area contributed by atoms with E-state index in [0.29, 0.717) is 5.69 Å². The number of nitrogens with zero attached hydrogens (tertiary/aromatic N) is 1. The highest BCUT2D eigenvalue weighted by atomic mass is 16.2. The Morgan fingerprint density at radius 2 is 1.90 bits per heavy atom. The highest BCUT2D eigenvalue weighted by molar-refractivity contribution is 5.76. The molecular weight excluding hydrogens is 128 g/mol. The second kappa shape index (κ2) is 2.87. The fraction of sp³-hybridized carbons (Fsp3) is 0. The maximum absolute atomic E-state index is 10.1. The summed E-state index contributed by atoms with van der Waals surface area (Å²) in [7, 11) is 0. The van der Waals surface area contributed by atoms with Gasteiger partial charge < -0.3 is 0 Å². The van der Waals surface area contributed by atoms with Gasteiger partial charge in [0.25, 0.3) is 0 Å². The number of carbonyl (C=O) groups excluding carboxylic acids is 1. The number of carbonyl (C=O) groups is 1. The quantitative estimate of drug-likeness (QED) is 0.571. The van der Waals surface area contributed by atoms with Gasteiger partial charge in [0.2, 0.25) is 0 Å². The number of nitrogens with one attached hydrogen (secondary N) is 1. The van der Waals surface area contributed by atoms with Crippen LogP contribution in [0.5, 0.6) is 0 Å². The number of rotatable bonds is 1. The maximum Gasteiger partial charge on any atom is 0.360 e. The summed E-state index contributed by atoms with van der Waals surface area (Å²) in [6, 6.07) is 7.79. The van der Waals surface area contributed by atoms with Crippen LogP contribution in [0, 0.1) is 0 Å². The molecule has 1 rings (SSSR count). The SMILES string of the molecule is [NH]C(=O)[N]c1ccccc1. The van der Waals surface area contributed by atoms with Gasteiger partial charge in [0.1, 0.15) is 0 Å². The van der Waals surface area contributed by atoms with E-state index in [1.807, 2.05) is 6.07 Å². The van der Waals surface area contributed by atoms with Crippen molar-refractivity contribution in [2.45, 2.75) is 0 Å². The van der Waals surface area contributed by atoms with E-state index in [2.05, 4.69) is 5.32 Å². The van der Waals surface area contributed by atoms with Crippen molar-refractivity contribution in [3.05, 3.63) is 30.3 Å². The Morgan fingerprint density at radius 3 is 2.40 bits per heavy atom. The van der Waals surface area contributed by atoms with E-state index in [0.717, 1.165) is 0 Å². The van der Waals surface area contributed by atoms with E-state index in [-0.39, 0.29) is 0 Å². The lowest BCUT2D eigenvalue weighted by atomic mass is 10.3. The molecule has 1 N–H and O–H groups in total. The minimum Gasteiger partial charge on any atom is -0.246 e. The predicted octanol–water partition coefficient (Wildman–Crippen LogP) is 1.33. The molecule has 0 aliphatic carbocycles. The lowest BCUT2D eigenvalue weighted by Gasteiger charge is -1.93. The standard InChI is InChI=1S/C7H6N2O/c8-7(10)9-6-4-2-1-3-5-6/h1-5,8H. The molecule has 0 spiro atoms. The van der Waals surface area contributed by atoms with Crippen molar-refractivity contribution in [1.82, 2.24) is 11.1 Å². The monoisotopic (exact) mass is 134 g/mol. The van der Waals surface area contributed by atoms with Crippen LogP contribution in [-0.2, 0) is 0 Å². The summed E-state index contributed by atoms with van der Waals surface area (Å²) in [5.41, 5.74) is 7.04. The summed E-state index contributed by atoms with van der Waals surface area (Å²) in [5.74, 6) is 0. The van der Waals surface area contributed by atoms with E-state index in [1.165, 1.54) is 0 Å². The molecule has 1 aromatic carbocycles. The van der Waals surface area contributed by atoms with Crippen LogP contribution in [0.1, 0.15) is 0 Å². The molecule has 10 heavy (non-hydrogen) atoms. The molecule has 2 amide bonds. The zero-order valence-corrected chi connectivity index (χ0v) is 5.24. The molecule has 3 nitrogen and oxygen atoms in total. The van der Waals surface area contributed by atoms with Crippen LogP contribution in [-0.4, -0.2) is 6.03 Å². The second-order valence-corrected chi connectivity index (χ2v) is 1.75. The van der Waals surface area contributed by atoms with Crippen molar-refractivity contribution in [1.29, 1.82) is 0 Å². The second-order valence-electron chi connectivity index (χ2n) is 1.75. The third kappa shape index (κ3) is 1.78. The molecule has 0 atom stereocenters. The molecule has 0 unspecified atom stereocenters. The Bertz CT molecular complexity index is 220. The van der Waals surface area contributed by atoms with Crippen LogP contribution in [0.15, 0.2) is 30.3 Å². The van der Waals surface area contributed by atoms with Gasteiger partial charge >= 0.3 is 6.03 Å². The first-order valence-corrected chi connectivity index (χ1v) is 2.81. The molecule has 50 valence electrons. The van der Waals surface area contributed by atoms with Crippen LogP contribution in [0.3, 0.4) is 0 Å². The van der Waals surface area contributed by atoms with Gasteiger partial charge in [0, 0.05) is 0 Å². The zero-order valence-electron chi connectivity index (χ0n) is 5.24. The normalized spacial score (nSPS) is 8.80. The smallest absolute Gasteiger partial charge is 0.246 e. The number of hydrogen-bond acceptors (Lipinski definition) is 1. The first kappa shape index (κ1) is 6.61. The van der Waals surface area contributed by atoms with Crippen LogP contribution < -0.4 is 11.1 Å². The minimum atomic E-state index is -0.911. The fourth-order valence-corrected chi connectivity index (χ4v) is 0.620. The van der Waals surface area contributed by atoms with Crippen LogP contribution in [0.4, 0.5) is 10.5 Å². The molecule has 2 radical (unpaired) electrons. The zero-order chi connectivity index (χ0) is 7.40. The van der Waals surface area contributed by atoms with Gasteiger partial charge in [-0.15, -0.1) is 0 Å². The summed E-state index contributed by atoms with van der Waals surface area (Å²) in [6.45, 7) is 0. The van der Waals surface area contributed by atoms with E-state index >= 15 is 0 Å². The molecule has 0 aliphatic heterocycles. The molecule has 0 bridgehead atoms. The number of amides is 2. The third-order valence-corrected chi connectivity index (χ3v) is 0.987. The number of benzene rings is 1. The summed E-state index contributed by atoms with van der Waals surface area (Å²) in [6.07, 6.45) is 0. The van der Waals surface area contributed by atoms with Gasteiger partial charge in [0.05, 0.1) is 5.69 Å².